The Hall–Kier alpha value is -2.92. The normalized spacial score (nSPS) is 13.4. The summed E-state index contributed by atoms with van der Waals surface area (Å²) in [7, 11) is 0. The highest BCUT2D eigenvalue weighted by molar-refractivity contribution is 5.97. The number of aliphatic hydroxyl groups is 1. The van der Waals surface area contributed by atoms with E-state index in [-0.39, 0.29) is 17.5 Å². The van der Waals surface area contributed by atoms with Crippen LogP contribution in [0.1, 0.15) is 22.8 Å². The molecular weight excluding hydrogens is 304 g/mol. The number of amides is 1. The number of hydrogen-bond donors (Lipinski definition) is 3. The summed E-state index contributed by atoms with van der Waals surface area (Å²) in [6.45, 7) is 1.62. The van der Waals surface area contributed by atoms with Crippen LogP contribution in [0.25, 0.3) is 10.9 Å². The van der Waals surface area contributed by atoms with Gasteiger partial charge in [0.2, 0.25) is 5.43 Å². The van der Waals surface area contributed by atoms with Crippen LogP contribution in [0.3, 0.4) is 0 Å². The maximum atomic E-state index is 12.4. The average Bonchev–Trinajstić information content (AvgIpc) is 2.61. The lowest BCUT2D eigenvalue weighted by atomic mass is 9.96. The standard InChI is InChI=1S/C19H18N2O3/c1-19(24,13-7-3-2-4-8-13)12-21-18(23)15-11-20-16-10-6-5-9-14(16)17(15)22/h2-11,24H,12H2,1H3,(H,20,22)(H,21,23). The van der Waals surface area contributed by atoms with Crippen molar-refractivity contribution in [3.63, 3.8) is 0 Å². The Labute approximate surface area is 139 Å². The second-order valence-electron chi connectivity index (χ2n) is 5.90. The van der Waals surface area contributed by atoms with Gasteiger partial charge in [-0.15, -0.1) is 0 Å². The molecule has 0 aliphatic carbocycles. The van der Waals surface area contributed by atoms with E-state index in [1.165, 1.54) is 6.20 Å². The van der Waals surface area contributed by atoms with Crippen LogP contribution in [-0.4, -0.2) is 22.5 Å². The van der Waals surface area contributed by atoms with Crippen molar-refractivity contribution >= 4 is 16.8 Å². The van der Waals surface area contributed by atoms with Crippen molar-refractivity contribution in [1.29, 1.82) is 0 Å². The van der Waals surface area contributed by atoms with Gasteiger partial charge < -0.3 is 15.4 Å². The summed E-state index contributed by atoms with van der Waals surface area (Å²) in [5, 5.41) is 13.6. The molecule has 1 amide bonds. The van der Waals surface area contributed by atoms with E-state index in [1.54, 1.807) is 37.3 Å². The molecule has 5 nitrogen and oxygen atoms in total. The Balaban J connectivity index is 1.81. The van der Waals surface area contributed by atoms with Crippen molar-refractivity contribution < 1.29 is 9.90 Å². The second-order valence-corrected chi connectivity index (χ2v) is 5.90. The molecule has 0 fully saturated rings. The zero-order valence-corrected chi connectivity index (χ0v) is 13.2. The maximum Gasteiger partial charge on any atom is 0.256 e. The molecule has 0 aliphatic heterocycles. The van der Waals surface area contributed by atoms with Crippen molar-refractivity contribution in [3.05, 3.63) is 82.1 Å². The third-order valence-electron chi connectivity index (χ3n) is 4.02. The fourth-order valence-electron chi connectivity index (χ4n) is 2.58. The van der Waals surface area contributed by atoms with Gasteiger partial charge in [-0.3, -0.25) is 9.59 Å². The number of carbonyl (C=O) groups is 1. The first-order valence-electron chi connectivity index (χ1n) is 7.65. The molecule has 1 aromatic heterocycles. The number of para-hydroxylation sites is 1. The van der Waals surface area contributed by atoms with Crippen LogP contribution in [0, 0.1) is 0 Å². The van der Waals surface area contributed by atoms with Gasteiger partial charge in [-0.1, -0.05) is 42.5 Å². The Morgan fingerprint density at radius 1 is 1.12 bits per heavy atom. The lowest BCUT2D eigenvalue weighted by molar-refractivity contribution is 0.0526. The van der Waals surface area contributed by atoms with Gasteiger partial charge in [-0.05, 0) is 24.6 Å². The highest BCUT2D eigenvalue weighted by Crippen LogP contribution is 2.19. The number of pyridine rings is 1. The number of fused-ring (bicyclic) bond motifs is 1. The molecule has 0 bridgehead atoms. The molecule has 24 heavy (non-hydrogen) atoms. The average molecular weight is 322 g/mol. The summed E-state index contributed by atoms with van der Waals surface area (Å²) in [6, 6.07) is 16.1. The van der Waals surface area contributed by atoms with Gasteiger partial charge in [-0.2, -0.15) is 0 Å². The Morgan fingerprint density at radius 3 is 2.54 bits per heavy atom. The van der Waals surface area contributed by atoms with Crippen LogP contribution < -0.4 is 10.7 Å². The molecule has 0 saturated heterocycles. The first-order valence-corrected chi connectivity index (χ1v) is 7.65. The van der Waals surface area contributed by atoms with E-state index in [1.807, 2.05) is 24.3 Å². The van der Waals surface area contributed by atoms with Crippen LogP contribution in [0.5, 0.6) is 0 Å². The molecule has 3 aromatic rings. The molecule has 0 radical (unpaired) electrons. The van der Waals surface area contributed by atoms with Crippen molar-refractivity contribution in [1.82, 2.24) is 10.3 Å². The third kappa shape index (κ3) is 3.07. The highest BCUT2D eigenvalue weighted by atomic mass is 16.3. The van der Waals surface area contributed by atoms with Crippen LogP contribution >= 0.6 is 0 Å². The Bertz CT molecular complexity index is 930. The fourth-order valence-corrected chi connectivity index (χ4v) is 2.58. The summed E-state index contributed by atoms with van der Waals surface area (Å²) in [4.78, 5) is 27.7. The third-order valence-corrected chi connectivity index (χ3v) is 4.02. The Morgan fingerprint density at radius 2 is 1.79 bits per heavy atom. The summed E-state index contributed by atoms with van der Waals surface area (Å²) < 4.78 is 0. The molecule has 5 heteroatoms. The first-order chi connectivity index (χ1) is 11.5. The van der Waals surface area contributed by atoms with Gasteiger partial charge in [-0.25, -0.2) is 0 Å². The number of hydrogen-bond acceptors (Lipinski definition) is 3. The lowest BCUT2D eigenvalue weighted by Gasteiger charge is -2.24. The predicted octanol–water partition coefficient (Wildman–Crippen LogP) is 2.17. The van der Waals surface area contributed by atoms with Crippen molar-refractivity contribution in [2.75, 3.05) is 6.54 Å². The number of H-pyrrole nitrogens is 1. The topological polar surface area (TPSA) is 82.2 Å². The van der Waals surface area contributed by atoms with Crippen LogP contribution in [-0.2, 0) is 5.60 Å². The Kier molecular flexibility index (Phi) is 4.18. The van der Waals surface area contributed by atoms with E-state index < -0.39 is 11.5 Å². The summed E-state index contributed by atoms with van der Waals surface area (Å²) in [5.74, 6) is -0.516. The molecule has 1 unspecified atom stereocenters. The smallest absolute Gasteiger partial charge is 0.256 e. The molecule has 0 spiro atoms. The van der Waals surface area contributed by atoms with Gasteiger partial charge in [0.25, 0.3) is 5.91 Å². The number of nitrogens with one attached hydrogen (secondary N) is 2. The van der Waals surface area contributed by atoms with Gasteiger partial charge in [0.1, 0.15) is 11.2 Å². The molecule has 122 valence electrons. The first kappa shape index (κ1) is 16.0. The van der Waals surface area contributed by atoms with Crippen molar-refractivity contribution in [2.45, 2.75) is 12.5 Å². The monoisotopic (exact) mass is 322 g/mol. The lowest BCUT2D eigenvalue weighted by Crippen LogP contribution is -2.40. The van der Waals surface area contributed by atoms with Crippen molar-refractivity contribution in [3.8, 4) is 0 Å². The number of aromatic amines is 1. The van der Waals surface area contributed by atoms with E-state index in [2.05, 4.69) is 10.3 Å². The van der Waals surface area contributed by atoms with Crippen LogP contribution in [0.2, 0.25) is 0 Å². The van der Waals surface area contributed by atoms with E-state index >= 15 is 0 Å². The van der Waals surface area contributed by atoms with Crippen LogP contribution in [0.4, 0.5) is 0 Å². The van der Waals surface area contributed by atoms with Gasteiger partial charge in [0.15, 0.2) is 0 Å². The highest BCUT2D eigenvalue weighted by Gasteiger charge is 2.24. The molecule has 0 saturated carbocycles. The predicted molar refractivity (Wildman–Crippen MR) is 92.9 cm³/mol. The van der Waals surface area contributed by atoms with Crippen molar-refractivity contribution in [2.24, 2.45) is 0 Å². The maximum absolute atomic E-state index is 12.4. The zero-order chi connectivity index (χ0) is 17.2. The second kappa shape index (κ2) is 6.29. The van der Waals surface area contributed by atoms with Crippen LogP contribution in [0.15, 0.2) is 65.6 Å². The number of benzene rings is 2. The number of rotatable bonds is 4. The van der Waals surface area contributed by atoms with Gasteiger partial charge in [0, 0.05) is 17.1 Å². The summed E-state index contributed by atoms with van der Waals surface area (Å²) in [5.41, 5.74) is -0.160. The molecular formula is C19H18N2O3. The quantitative estimate of drug-likeness (QED) is 0.688. The molecule has 0 aliphatic rings. The molecule has 1 atom stereocenters. The minimum Gasteiger partial charge on any atom is -0.384 e. The molecule has 1 heterocycles. The van der Waals surface area contributed by atoms with Gasteiger partial charge in [0.05, 0.1) is 6.54 Å². The fraction of sp³-hybridized carbons (Fsp3) is 0.158. The minimum absolute atomic E-state index is 0.00210. The van der Waals surface area contributed by atoms with E-state index in [0.29, 0.717) is 16.5 Å². The largest absolute Gasteiger partial charge is 0.384 e. The van der Waals surface area contributed by atoms with E-state index in [0.717, 1.165) is 0 Å². The minimum atomic E-state index is -1.22. The summed E-state index contributed by atoms with van der Waals surface area (Å²) in [6.07, 6.45) is 1.40. The molecule has 3 N–H and O–H groups in total. The van der Waals surface area contributed by atoms with E-state index in [9.17, 15) is 14.7 Å². The van der Waals surface area contributed by atoms with E-state index in [4.69, 9.17) is 0 Å². The number of aromatic nitrogens is 1. The summed E-state index contributed by atoms with van der Waals surface area (Å²) >= 11 is 0. The zero-order valence-electron chi connectivity index (χ0n) is 13.2. The SMILES string of the molecule is CC(O)(CNC(=O)c1c[nH]c2ccccc2c1=O)c1ccccc1. The molecule has 2 aromatic carbocycles. The number of carbonyl (C=O) groups excluding carboxylic acids is 1. The molecule has 3 rings (SSSR count). The van der Waals surface area contributed by atoms with Gasteiger partial charge >= 0.3 is 0 Å².